The van der Waals surface area contributed by atoms with Gasteiger partial charge in [-0.2, -0.15) is 5.10 Å². The third-order valence-corrected chi connectivity index (χ3v) is 5.61. The molecule has 0 radical (unpaired) electrons. The van der Waals surface area contributed by atoms with E-state index in [0.717, 1.165) is 39.4 Å². The molecule has 5 rings (SSSR count). The molecule has 0 bridgehead atoms. The molecule has 0 fully saturated rings. The van der Waals surface area contributed by atoms with E-state index in [1.807, 2.05) is 86.8 Å². The van der Waals surface area contributed by atoms with E-state index < -0.39 is 0 Å². The molecule has 2 amide bonds. The second-order valence-electron chi connectivity index (χ2n) is 7.99. The minimum Gasteiger partial charge on any atom is -0.497 e. The van der Waals surface area contributed by atoms with E-state index in [2.05, 4.69) is 5.10 Å². The highest BCUT2D eigenvalue weighted by atomic mass is 16.5. The van der Waals surface area contributed by atoms with Crippen LogP contribution in [0.15, 0.2) is 60.8 Å². The maximum Gasteiger partial charge on any atom is 0.335 e. The number of fused-ring (bicyclic) bond motifs is 2. The summed E-state index contributed by atoms with van der Waals surface area (Å²) < 4.78 is 7.07. The summed E-state index contributed by atoms with van der Waals surface area (Å²) in [6.45, 7) is 0.438. The minimum absolute atomic E-state index is 0.158. The molecule has 8 heteroatoms. The Labute approximate surface area is 186 Å². The van der Waals surface area contributed by atoms with Gasteiger partial charge in [-0.05, 0) is 54.6 Å². The molecule has 2 aromatic carbocycles. The van der Waals surface area contributed by atoms with Crippen molar-refractivity contribution in [1.29, 1.82) is 0 Å². The summed E-state index contributed by atoms with van der Waals surface area (Å²) in [5.41, 5.74) is 3.41. The van der Waals surface area contributed by atoms with E-state index >= 15 is 0 Å². The number of carbonyl (C=O) groups excluding carboxylic acids is 1. The van der Waals surface area contributed by atoms with Crippen LogP contribution in [0.1, 0.15) is 5.56 Å². The third kappa shape index (κ3) is 3.30. The van der Waals surface area contributed by atoms with Crippen LogP contribution in [-0.4, -0.2) is 42.0 Å². The fraction of sp³-hybridized carbons (Fsp3) is 0.208. The number of aryl methyl sites for hydroxylation is 1. The molecule has 0 spiro atoms. The molecule has 2 aromatic heterocycles. The lowest BCUT2D eigenvalue weighted by molar-refractivity contribution is 0.252. The van der Waals surface area contributed by atoms with Gasteiger partial charge < -0.3 is 9.64 Å². The third-order valence-electron chi connectivity index (χ3n) is 5.61. The van der Waals surface area contributed by atoms with Crippen molar-refractivity contribution in [3.63, 3.8) is 0 Å². The first-order chi connectivity index (χ1) is 15.4. The van der Waals surface area contributed by atoms with Crippen molar-refractivity contribution in [3.8, 4) is 5.75 Å². The Morgan fingerprint density at radius 2 is 1.75 bits per heavy atom. The van der Waals surface area contributed by atoms with Gasteiger partial charge in [0.1, 0.15) is 17.4 Å². The van der Waals surface area contributed by atoms with Gasteiger partial charge in [0.2, 0.25) is 0 Å². The molecular formula is C24H24N6O2. The van der Waals surface area contributed by atoms with Crippen molar-refractivity contribution in [2.24, 2.45) is 7.05 Å². The molecule has 1 aliphatic heterocycles. The molecule has 0 aliphatic carbocycles. The quantitative estimate of drug-likeness (QED) is 0.484. The lowest BCUT2D eigenvalue weighted by atomic mass is 10.1. The number of aromatic nitrogens is 3. The number of ether oxygens (including phenoxy) is 1. The Morgan fingerprint density at radius 1 is 1.00 bits per heavy atom. The number of nitrogens with zero attached hydrogens (tertiary/aromatic N) is 6. The van der Waals surface area contributed by atoms with Crippen LogP contribution in [0.3, 0.4) is 0 Å². The second-order valence-corrected chi connectivity index (χ2v) is 7.99. The van der Waals surface area contributed by atoms with Crippen LogP contribution >= 0.6 is 0 Å². The summed E-state index contributed by atoms with van der Waals surface area (Å²) in [6, 6.07) is 17.2. The number of pyridine rings is 1. The summed E-state index contributed by atoms with van der Waals surface area (Å²) in [5, 5.41) is 5.42. The Hall–Kier alpha value is -4.07. The van der Waals surface area contributed by atoms with Gasteiger partial charge in [0.25, 0.3) is 0 Å². The van der Waals surface area contributed by atoms with E-state index in [1.54, 1.807) is 21.6 Å². The zero-order chi connectivity index (χ0) is 22.4. The Bertz CT molecular complexity index is 1310. The standard InChI is InChI=1S/C24H24N6O2/c1-27(2)22-12-5-16-15-29(19-8-11-21-17(13-19)14-28(3)26-21)24(31)30(23(16)25-22)18-6-9-20(32-4)10-7-18/h5-14H,15H2,1-4H3. The molecule has 1 aliphatic rings. The van der Waals surface area contributed by atoms with Crippen LogP contribution in [0, 0.1) is 0 Å². The summed E-state index contributed by atoms with van der Waals surface area (Å²) >= 11 is 0. The van der Waals surface area contributed by atoms with Gasteiger partial charge in [0, 0.05) is 44.0 Å². The maximum atomic E-state index is 13.8. The second kappa shape index (κ2) is 7.56. The molecule has 3 heterocycles. The molecule has 0 saturated carbocycles. The van der Waals surface area contributed by atoms with Crippen LogP contribution in [-0.2, 0) is 13.6 Å². The molecule has 4 aromatic rings. The van der Waals surface area contributed by atoms with Crippen molar-refractivity contribution in [2.45, 2.75) is 6.54 Å². The maximum absolute atomic E-state index is 13.8. The van der Waals surface area contributed by atoms with E-state index in [1.165, 1.54) is 0 Å². The number of carbonyl (C=O) groups is 1. The molecule has 0 N–H and O–H groups in total. The zero-order valence-corrected chi connectivity index (χ0v) is 18.5. The topological polar surface area (TPSA) is 66.7 Å². The van der Waals surface area contributed by atoms with Gasteiger partial charge in [-0.1, -0.05) is 0 Å². The zero-order valence-electron chi connectivity index (χ0n) is 18.5. The van der Waals surface area contributed by atoms with E-state index in [-0.39, 0.29) is 6.03 Å². The average molecular weight is 428 g/mol. The number of anilines is 4. The van der Waals surface area contributed by atoms with Crippen LogP contribution in [0.2, 0.25) is 0 Å². The van der Waals surface area contributed by atoms with Crippen LogP contribution in [0.4, 0.5) is 27.8 Å². The summed E-state index contributed by atoms with van der Waals surface area (Å²) in [7, 11) is 7.39. The first-order valence-corrected chi connectivity index (χ1v) is 10.3. The summed E-state index contributed by atoms with van der Waals surface area (Å²) in [5.74, 6) is 2.16. The van der Waals surface area contributed by atoms with Gasteiger partial charge in [0.05, 0.1) is 24.9 Å². The number of urea groups is 1. The number of benzene rings is 2. The van der Waals surface area contributed by atoms with E-state index in [9.17, 15) is 4.79 Å². The predicted octanol–water partition coefficient (Wildman–Crippen LogP) is 4.32. The smallest absolute Gasteiger partial charge is 0.335 e. The number of rotatable bonds is 4. The largest absolute Gasteiger partial charge is 0.497 e. The predicted molar refractivity (Wildman–Crippen MR) is 126 cm³/mol. The van der Waals surface area contributed by atoms with Crippen LogP contribution in [0.25, 0.3) is 10.9 Å². The molecular weight excluding hydrogens is 404 g/mol. The highest BCUT2D eigenvalue weighted by Gasteiger charge is 2.34. The number of amides is 2. The lowest BCUT2D eigenvalue weighted by Crippen LogP contribution is -2.45. The van der Waals surface area contributed by atoms with Crippen molar-refractivity contribution in [2.75, 3.05) is 35.9 Å². The average Bonchev–Trinajstić information content (AvgIpc) is 3.17. The van der Waals surface area contributed by atoms with Gasteiger partial charge in [-0.15, -0.1) is 0 Å². The normalized spacial score (nSPS) is 13.4. The summed E-state index contributed by atoms with van der Waals surface area (Å²) in [6.07, 6.45) is 1.95. The summed E-state index contributed by atoms with van der Waals surface area (Å²) in [4.78, 5) is 24.0. The van der Waals surface area contributed by atoms with Gasteiger partial charge in [-0.3, -0.25) is 9.58 Å². The molecule has 0 unspecified atom stereocenters. The highest BCUT2D eigenvalue weighted by Crippen LogP contribution is 2.37. The van der Waals surface area contributed by atoms with Crippen LogP contribution < -0.4 is 19.4 Å². The van der Waals surface area contributed by atoms with E-state index in [0.29, 0.717) is 12.4 Å². The van der Waals surface area contributed by atoms with Gasteiger partial charge >= 0.3 is 6.03 Å². The molecule has 162 valence electrons. The SMILES string of the molecule is COc1ccc(N2C(=O)N(c3ccc4nn(C)cc4c3)Cc3ccc(N(C)C)nc32)cc1. The highest BCUT2D eigenvalue weighted by molar-refractivity contribution is 6.10. The monoisotopic (exact) mass is 428 g/mol. The Kier molecular flexibility index (Phi) is 4.70. The van der Waals surface area contributed by atoms with Crippen molar-refractivity contribution in [3.05, 3.63) is 66.4 Å². The van der Waals surface area contributed by atoms with Crippen molar-refractivity contribution in [1.82, 2.24) is 14.8 Å². The van der Waals surface area contributed by atoms with E-state index in [4.69, 9.17) is 9.72 Å². The van der Waals surface area contributed by atoms with Gasteiger partial charge in [-0.25, -0.2) is 14.7 Å². The minimum atomic E-state index is -0.158. The lowest BCUT2D eigenvalue weighted by Gasteiger charge is -2.36. The Balaban J connectivity index is 1.63. The number of methoxy groups -OCH3 is 1. The molecule has 8 nitrogen and oxygen atoms in total. The molecule has 0 saturated heterocycles. The van der Waals surface area contributed by atoms with Crippen molar-refractivity contribution >= 4 is 39.9 Å². The van der Waals surface area contributed by atoms with Gasteiger partial charge in [0.15, 0.2) is 0 Å². The molecule has 32 heavy (non-hydrogen) atoms. The van der Waals surface area contributed by atoms with Crippen molar-refractivity contribution < 1.29 is 9.53 Å². The first kappa shape index (κ1) is 19.9. The fourth-order valence-corrected chi connectivity index (χ4v) is 3.95. The number of hydrogen-bond donors (Lipinski definition) is 0. The Morgan fingerprint density at radius 3 is 2.47 bits per heavy atom. The van der Waals surface area contributed by atoms with Crippen LogP contribution in [0.5, 0.6) is 5.75 Å². The fourth-order valence-electron chi connectivity index (χ4n) is 3.95. The molecule has 0 atom stereocenters. The number of hydrogen-bond acceptors (Lipinski definition) is 5. The first-order valence-electron chi connectivity index (χ1n) is 10.3.